The second kappa shape index (κ2) is 17.2. The Morgan fingerprint density at radius 1 is 0.557 bits per heavy atom. The highest BCUT2D eigenvalue weighted by molar-refractivity contribution is 5.21. The van der Waals surface area contributed by atoms with E-state index in [9.17, 15) is 92.2 Å². The lowest BCUT2D eigenvalue weighted by atomic mass is 9.80. The summed E-state index contributed by atoms with van der Waals surface area (Å²) in [6.45, 7) is 2.54. The van der Waals surface area contributed by atoms with Crippen molar-refractivity contribution in [2.45, 2.75) is 150 Å². The highest BCUT2D eigenvalue weighted by Gasteiger charge is 2.85. The van der Waals surface area contributed by atoms with E-state index in [1.807, 2.05) is 0 Å². The molecular formula is C36H41F21O4. The Morgan fingerprint density at radius 2 is 0.918 bits per heavy atom. The molecule has 4 aliphatic carbocycles. The standard InChI is InChI=1S/C13H12F12O2.C13H15F9O2.C10H14/c1-8(11(17,18)19,12(20,21)22)27-4-26-7-3-5-2-6(7)9(14,10(5,15)16)13(23,24)25;1-9(2,12(17,18)19)24-5-23-8-4-6-3-7(8)10(14,11(6,15)16)13(20,21)22;1-3-9(2)10-7-5-4-6-8-10/h5-7H,2-4H2,1H3;6-8H,3-5H2,1-2H3;4-9H,3H2,1-2H3. The Bertz CT molecular complexity index is 1570. The van der Waals surface area contributed by atoms with Gasteiger partial charge in [0, 0.05) is 23.7 Å². The minimum absolute atomic E-state index is 0.375. The largest absolute Gasteiger partial charge is 0.428 e. The lowest BCUT2D eigenvalue weighted by Gasteiger charge is -2.41. The maximum atomic E-state index is 14.2. The Labute approximate surface area is 334 Å². The lowest BCUT2D eigenvalue weighted by molar-refractivity contribution is -0.391. The fraction of sp³-hybridized carbons (Fsp3) is 0.833. The molecular weight excluding hydrogens is 895 g/mol. The van der Waals surface area contributed by atoms with Crippen molar-refractivity contribution in [2.75, 3.05) is 13.6 Å². The van der Waals surface area contributed by atoms with Gasteiger partial charge in [-0.25, -0.2) is 26.3 Å². The molecule has 0 aliphatic heterocycles. The molecule has 0 aromatic heterocycles. The SMILES string of the molecule is CC(C)(OCOC1CC2CC1C(F)(C(F)(F)F)C2(F)F)C(F)(F)F.CC(OCOC1CC2CC1C(F)(C(F)(F)F)C2(F)F)(C(F)(F)F)C(F)(F)F.CCC(C)c1ccccc1. The first-order valence-corrected chi connectivity index (χ1v) is 18.2. The van der Waals surface area contributed by atoms with Crippen LogP contribution in [0.4, 0.5) is 92.2 Å². The summed E-state index contributed by atoms with van der Waals surface area (Å²) in [6.07, 6.45) is -34.0. The predicted octanol–water partition coefficient (Wildman–Crippen LogP) is 13.0. The third-order valence-electron chi connectivity index (χ3n) is 11.9. The van der Waals surface area contributed by atoms with Crippen LogP contribution in [-0.2, 0) is 18.9 Å². The first-order valence-electron chi connectivity index (χ1n) is 18.2. The van der Waals surface area contributed by atoms with Gasteiger partial charge < -0.3 is 18.9 Å². The van der Waals surface area contributed by atoms with Crippen molar-refractivity contribution in [1.82, 2.24) is 0 Å². The van der Waals surface area contributed by atoms with Crippen LogP contribution in [0.1, 0.15) is 78.2 Å². The third-order valence-corrected chi connectivity index (χ3v) is 11.9. The summed E-state index contributed by atoms with van der Waals surface area (Å²) in [7, 11) is 0. The topological polar surface area (TPSA) is 36.9 Å². The molecule has 4 saturated carbocycles. The van der Waals surface area contributed by atoms with E-state index in [-0.39, 0.29) is 6.92 Å². The quantitative estimate of drug-likeness (QED) is 0.173. The number of halogens is 21. The monoisotopic (exact) mass is 936 g/mol. The van der Waals surface area contributed by atoms with Gasteiger partial charge in [-0.15, -0.1) is 0 Å². The summed E-state index contributed by atoms with van der Waals surface area (Å²) < 4.78 is 291. The fourth-order valence-electron chi connectivity index (χ4n) is 7.61. The molecule has 9 atom stereocenters. The van der Waals surface area contributed by atoms with E-state index in [0.29, 0.717) is 19.8 Å². The summed E-state index contributed by atoms with van der Waals surface area (Å²) in [4.78, 5) is 0. The van der Waals surface area contributed by atoms with E-state index in [4.69, 9.17) is 4.74 Å². The molecule has 0 saturated heterocycles. The zero-order valence-corrected chi connectivity index (χ0v) is 32.4. The molecule has 4 aliphatic rings. The normalized spacial score (nSPS) is 31.6. The van der Waals surface area contributed by atoms with Gasteiger partial charge in [0.15, 0.2) is 5.60 Å². The highest BCUT2D eigenvalue weighted by Crippen LogP contribution is 2.68. The molecule has 4 nitrogen and oxygen atoms in total. The molecule has 0 amide bonds. The van der Waals surface area contributed by atoms with Gasteiger partial charge in [-0.1, -0.05) is 44.2 Å². The third kappa shape index (κ3) is 9.54. The maximum absolute atomic E-state index is 14.2. The summed E-state index contributed by atoms with van der Waals surface area (Å²) >= 11 is 0. The maximum Gasteiger partial charge on any atom is 0.428 e. The first-order chi connectivity index (χ1) is 27.2. The van der Waals surface area contributed by atoms with Gasteiger partial charge in [0.2, 0.25) is 0 Å². The van der Waals surface area contributed by atoms with Crippen LogP contribution in [0.3, 0.4) is 0 Å². The number of fused-ring (bicyclic) bond motifs is 4. The van der Waals surface area contributed by atoms with Crippen LogP contribution in [0.2, 0.25) is 0 Å². The van der Waals surface area contributed by atoms with Gasteiger partial charge in [-0.2, -0.15) is 65.9 Å². The molecule has 1 aromatic carbocycles. The van der Waals surface area contributed by atoms with Crippen molar-refractivity contribution in [3.8, 4) is 0 Å². The number of hydrogen-bond acceptors (Lipinski definition) is 4. The Kier molecular flexibility index (Phi) is 14.9. The second-order valence-corrected chi connectivity index (χ2v) is 15.9. The molecule has 61 heavy (non-hydrogen) atoms. The summed E-state index contributed by atoms with van der Waals surface area (Å²) in [5, 5.41) is 0. The van der Waals surface area contributed by atoms with Gasteiger partial charge >= 0.3 is 30.9 Å². The molecule has 0 radical (unpaired) electrons. The minimum atomic E-state index is -6.01. The van der Waals surface area contributed by atoms with Crippen molar-refractivity contribution in [3.05, 3.63) is 35.9 Å². The number of ether oxygens (including phenoxy) is 4. The van der Waals surface area contributed by atoms with Gasteiger partial charge in [0.25, 0.3) is 28.8 Å². The van der Waals surface area contributed by atoms with Gasteiger partial charge in [0.1, 0.15) is 13.6 Å². The molecule has 356 valence electrons. The Hall–Kier alpha value is -2.41. The van der Waals surface area contributed by atoms with Crippen LogP contribution in [-0.4, -0.2) is 91.1 Å². The van der Waals surface area contributed by atoms with E-state index in [0.717, 1.165) is 0 Å². The van der Waals surface area contributed by atoms with Gasteiger partial charge in [-0.3, -0.25) is 0 Å². The van der Waals surface area contributed by atoms with Gasteiger partial charge in [0.05, 0.1) is 12.2 Å². The van der Waals surface area contributed by atoms with E-state index in [1.54, 1.807) is 0 Å². The van der Waals surface area contributed by atoms with Crippen LogP contribution in [0.15, 0.2) is 30.3 Å². The molecule has 0 heterocycles. The Morgan fingerprint density at radius 3 is 1.21 bits per heavy atom. The predicted molar refractivity (Wildman–Crippen MR) is 170 cm³/mol. The number of benzene rings is 1. The first kappa shape index (κ1) is 52.9. The van der Waals surface area contributed by atoms with Crippen molar-refractivity contribution in [3.63, 3.8) is 0 Å². The molecule has 1 aromatic rings. The number of hydrogen-bond donors (Lipinski definition) is 0. The van der Waals surface area contributed by atoms with Crippen molar-refractivity contribution < 1.29 is 111 Å². The number of rotatable bonds is 10. The van der Waals surface area contributed by atoms with Crippen LogP contribution in [0.25, 0.3) is 0 Å². The summed E-state index contributed by atoms with van der Waals surface area (Å²) in [5.41, 5.74) is -15.7. The Balaban J connectivity index is 0.000000267. The summed E-state index contributed by atoms with van der Waals surface area (Å²) in [6, 6.07) is 10.6. The molecule has 0 N–H and O–H groups in total. The zero-order valence-electron chi connectivity index (χ0n) is 32.4. The average Bonchev–Trinajstić information content (AvgIpc) is 3.83. The van der Waals surface area contributed by atoms with E-state index in [2.05, 4.69) is 58.4 Å². The zero-order chi connectivity index (χ0) is 47.4. The smallest absolute Gasteiger partial charge is 0.352 e. The molecule has 25 heteroatoms. The van der Waals surface area contributed by atoms with E-state index >= 15 is 0 Å². The molecule has 0 spiro atoms. The van der Waals surface area contributed by atoms with Crippen LogP contribution >= 0.6 is 0 Å². The number of alkyl halides is 21. The molecule has 5 rings (SSSR count). The van der Waals surface area contributed by atoms with E-state index < -0.39 is 140 Å². The summed E-state index contributed by atoms with van der Waals surface area (Å²) in [5.74, 6) is -17.3. The highest BCUT2D eigenvalue weighted by atomic mass is 19.4. The van der Waals surface area contributed by atoms with Gasteiger partial charge in [-0.05, 0) is 64.4 Å². The second-order valence-electron chi connectivity index (χ2n) is 15.9. The van der Waals surface area contributed by atoms with Crippen LogP contribution in [0.5, 0.6) is 0 Å². The molecule has 9 unspecified atom stereocenters. The molecule has 4 bridgehead atoms. The fourth-order valence-corrected chi connectivity index (χ4v) is 7.61. The van der Waals surface area contributed by atoms with Crippen LogP contribution in [0, 0.1) is 23.7 Å². The van der Waals surface area contributed by atoms with Crippen molar-refractivity contribution >= 4 is 0 Å². The average molecular weight is 937 g/mol. The molecule has 4 fully saturated rings. The van der Waals surface area contributed by atoms with Crippen molar-refractivity contribution in [1.29, 1.82) is 0 Å². The lowest BCUT2D eigenvalue weighted by Crippen LogP contribution is -2.62. The van der Waals surface area contributed by atoms with Crippen LogP contribution < -0.4 is 0 Å². The minimum Gasteiger partial charge on any atom is -0.352 e. The van der Waals surface area contributed by atoms with E-state index in [1.165, 1.54) is 12.0 Å². The van der Waals surface area contributed by atoms with Crippen molar-refractivity contribution in [2.24, 2.45) is 23.7 Å².